The average Bonchev–Trinajstić information content (AvgIpc) is 2.58. The van der Waals surface area contributed by atoms with Crippen LogP contribution in [0.1, 0.15) is 30.6 Å². The summed E-state index contributed by atoms with van der Waals surface area (Å²) in [5, 5.41) is 5.56. The fourth-order valence-electron chi connectivity index (χ4n) is 2.01. The van der Waals surface area contributed by atoms with Crippen LogP contribution in [0.2, 0.25) is 5.02 Å². The van der Waals surface area contributed by atoms with Crippen LogP contribution < -0.4 is 10.6 Å². The van der Waals surface area contributed by atoms with Gasteiger partial charge in [0.2, 0.25) is 15.9 Å². The summed E-state index contributed by atoms with van der Waals surface area (Å²) in [4.78, 5) is 24.1. The van der Waals surface area contributed by atoms with Crippen LogP contribution in [0.15, 0.2) is 24.3 Å². The van der Waals surface area contributed by atoms with Crippen molar-refractivity contribution < 1.29 is 18.0 Å². The Morgan fingerprint density at radius 1 is 1.28 bits per heavy atom. The number of nitrogens with one attached hydrogen (secondary N) is 2. The Balaban J connectivity index is 2.40. The predicted molar refractivity (Wildman–Crippen MR) is 98.1 cm³/mol. The van der Waals surface area contributed by atoms with Crippen molar-refractivity contribution in [1.82, 2.24) is 14.9 Å². The van der Waals surface area contributed by atoms with Gasteiger partial charge in [-0.2, -0.15) is 0 Å². The minimum absolute atomic E-state index is 0.0426. The van der Waals surface area contributed by atoms with Crippen LogP contribution in [0.4, 0.5) is 0 Å². The number of carbonyl (C=O) groups is 2. The Morgan fingerprint density at radius 2 is 1.92 bits per heavy atom. The molecule has 9 heteroatoms. The van der Waals surface area contributed by atoms with Crippen molar-refractivity contribution in [3.8, 4) is 0 Å². The van der Waals surface area contributed by atoms with E-state index in [2.05, 4.69) is 10.6 Å². The van der Waals surface area contributed by atoms with Crippen LogP contribution in [-0.4, -0.2) is 56.5 Å². The summed E-state index contributed by atoms with van der Waals surface area (Å²) in [5.41, 5.74) is 0.301. The molecule has 0 bridgehead atoms. The Labute approximate surface area is 153 Å². The van der Waals surface area contributed by atoms with Gasteiger partial charge in [-0.3, -0.25) is 9.59 Å². The van der Waals surface area contributed by atoms with Crippen molar-refractivity contribution >= 4 is 33.4 Å². The molecule has 1 rings (SSSR count). The van der Waals surface area contributed by atoms with Crippen LogP contribution in [0.5, 0.6) is 0 Å². The monoisotopic (exact) mass is 389 g/mol. The van der Waals surface area contributed by atoms with Gasteiger partial charge in [0.25, 0.3) is 5.91 Å². The second-order valence-corrected chi connectivity index (χ2v) is 8.31. The van der Waals surface area contributed by atoms with Crippen LogP contribution >= 0.6 is 11.6 Å². The molecule has 0 aliphatic carbocycles. The average molecular weight is 390 g/mol. The molecule has 0 fully saturated rings. The minimum atomic E-state index is -3.21. The topological polar surface area (TPSA) is 95.6 Å². The van der Waals surface area contributed by atoms with Crippen molar-refractivity contribution in [2.45, 2.75) is 26.3 Å². The van der Waals surface area contributed by atoms with E-state index in [4.69, 9.17) is 11.6 Å². The van der Waals surface area contributed by atoms with Crippen molar-refractivity contribution in [3.63, 3.8) is 0 Å². The van der Waals surface area contributed by atoms with Crippen LogP contribution in [0, 0.1) is 0 Å². The van der Waals surface area contributed by atoms with Gasteiger partial charge in [0.1, 0.15) is 6.04 Å². The number of nitrogens with zero attached hydrogens (tertiary/aromatic N) is 1. The number of hydrogen-bond donors (Lipinski definition) is 2. The lowest BCUT2D eigenvalue weighted by Gasteiger charge is -2.17. The highest BCUT2D eigenvalue weighted by Crippen LogP contribution is 2.14. The molecule has 1 aromatic carbocycles. The smallest absolute Gasteiger partial charge is 0.253 e. The number of benzene rings is 1. The number of halogens is 1. The molecule has 2 amide bonds. The van der Waals surface area contributed by atoms with Crippen LogP contribution in [0.3, 0.4) is 0 Å². The second-order valence-electron chi connectivity index (χ2n) is 5.54. The van der Waals surface area contributed by atoms with Crippen molar-refractivity contribution in [1.29, 1.82) is 0 Å². The molecule has 1 unspecified atom stereocenters. The van der Waals surface area contributed by atoms with Gasteiger partial charge in [-0.25, -0.2) is 12.7 Å². The molecule has 0 radical (unpaired) electrons. The highest BCUT2D eigenvalue weighted by Gasteiger charge is 2.18. The van der Waals surface area contributed by atoms with E-state index < -0.39 is 22.0 Å². The summed E-state index contributed by atoms with van der Waals surface area (Å²) in [5.74, 6) is -0.732. The third-order valence-corrected chi connectivity index (χ3v) is 5.84. The van der Waals surface area contributed by atoms with Gasteiger partial charge in [-0.1, -0.05) is 23.7 Å². The number of carbonyl (C=O) groups excluding carboxylic acids is 2. The van der Waals surface area contributed by atoms with Crippen LogP contribution in [0.25, 0.3) is 0 Å². The first-order valence-corrected chi connectivity index (χ1v) is 9.95. The molecule has 0 spiro atoms. The molecule has 140 valence electrons. The third-order valence-electron chi connectivity index (χ3n) is 3.65. The Bertz CT molecular complexity index is 709. The van der Waals surface area contributed by atoms with Crippen molar-refractivity contribution in [2.75, 3.05) is 25.9 Å². The summed E-state index contributed by atoms with van der Waals surface area (Å²) >= 11 is 5.95. The van der Waals surface area contributed by atoms with E-state index in [0.717, 1.165) is 0 Å². The minimum Gasteiger partial charge on any atom is -0.354 e. The van der Waals surface area contributed by atoms with E-state index >= 15 is 0 Å². The molecule has 0 saturated heterocycles. The van der Waals surface area contributed by atoms with E-state index in [1.54, 1.807) is 38.1 Å². The fourth-order valence-corrected chi connectivity index (χ4v) is 3.08. The molecule has 1 atom stereocenters. The first-order chi connectivity index (χ1) is 11.7. The normalized spacial score (nSPS) is 12.7. The molecule has 7 nitrogen and oxygen atoms in total. The van der Waals surface area contributed by atoms with Gasteiger partial charge in [0, 0.05) is 20.1 Å². The molecular formula is C16H24ClN3O4S. The van der Waals surface area contributed by atoms with E-state index in [0.29, 0.717) is 30.1 Å². The Kier molecular flexibility index (Phi) is 8.34. The fraction of sp³-hybridized carbons (Fsp3) is 0.500. The van der Waals surface area contributed by atoms with Gasteiger partial charge in [0.05, 0.1) is 16.3 Å². The lowest BCUT2D eigenvalue weighted by molar-refractivity contribution is -0.122. The quantitative estimate of drug-likeness (QED) is 0.621. The maximum absolute atomic E-state index is 12.1. The third kappa shape index (κ3) is 6.64. The number of hydrogen-bond acceptors (Lipinski definition) is 4. The summed E-state index contributed by atoms with van der Waals surface area (Å²) in [6.07, 6.45) is 0.479. The lowest BCUT2D eigenvalue weighted by Crippen LogP contribution is -2.45. The Hall–Kier alpha value is -1.64. The zero-order chi connectivity index (χ0) is 19.0. The Morgan fingerprint density at radius 3 is 2.52 bits per heavy atom. The lowest BCUT2D eigenvalue weighted by atomic mass is 10.2. The standard InChI is InChI=1S/C16H24ClN3O4S/c1-4-25(23,24)20(3)11-7-10-18-15(21)12(2)19-16(22)13-8-5-6-9-14(13)17/h5-6,8-9,12H,4,7,10-11H2,1-3H3,(H,18,21)(H,19,22). The molecule has 25 heavy (non-hydrogen) atoms. The summed E-state index contributed by atoms with van der Waals surface area (Å²) in [6.45, 7) is 3.78. The maximum atomic E-state index is 12.1. The molecule has 0 saturated carbocycles. The van der Waals surface area contributed by atoms with Gasteiger partial charge in [0.15, 0.2) is 0 Å². The van der Waals surface area contributed by atoms with Gasteiger partial charge < -0.3 is 10.6 Å². The SMILES string of the molecule is CCS(=O)(=O)N(C)CCCNC(=O)C(C)NC(=O)c1ccccc1Cl. The first-order valence-electron chi connectivity index (χ1n) is 7.96. The van der Waals surface area contributed by atoms with Gasteiger partial charge >= 0.3 is 0 Å². The summed E-state index contributed by atoms with van der Waals surface area (Å²) in [6, 6.07) is 5.84. The molecule has 0 heterocycles. The highest BCUT2D eigenvalue weighted by atomic mass is 35.5. The number of sulfonamides is 1. The summed E-state index contributed by atoms with van der Waals surface area (Å²) < 4.78 is 24.5. The van der Waals surface area contributed by atoms with Crippen molar-refractivity contribution in [3.05, 3.63) is 34.9 Å². The predicted octanol–water partition coefficient (Wildman–Crippen LogP) is 1.25. The van der Waals surface area contributed by atoms with Gasteiger partial charge in [-0.15, -0.1) is 0 Å². The second kappa shape index (κ2) is 9.74. The van der Waals surface area contributed by atoms with Crippen LogP contribution in [-0.2, 0) is 14.8 Å². The van der Waals surface area contributed by atoms with E-state index in [1.165, 1.54) is 11.4 Å². The van der Waals surface area contributed by atoms with E-state index in [1.807, 2.05) is 0 Å². The molecule has 0 aliphatic rings. The van der Waals surface area contributed by atoms with E-state index in [9.17, 15) is 18.0 Å². The largest absolute Gasteiger partial charge is 0.354 e. The summed E-state index contributed by atoms with van der Waals surface area (Å²) in [7, 11) is -1.71. The van der Waals surface area contributed by atoms with Crippen molar-refractivity contribution in [2.24, 2.45) is 0 Å². The zero-order valence-electron chi connectivity index (χ0n) is 14.6. The molecule has 1 aromatic rings. The molecule has 2 N–H and O–H groups in total. The zero-order valence-corrected chi connectivity index (χ0v) is 16.2. The highest BCUT2D eigenvalue weighted by molar-refractivity contribution is 7.89. The van der Waals surface area contributed by atoms with Gasteiger partial charge in [-0.05, 0) is 32.4 Å². The molecule has 0 aromatic heterocycles. The first kappa shape index (κ1) is 21.4. The number of amides is 2. The number of rotatable bonds is 9. The maximum Gasteiger partial charge on any atom is 0.253 e. The van der Waals surface area contributed by atoms with E-state index in [-0.39, 0.29) is 11.7 Å². The molecule has 0 aliphatic heterocycles. The molecular weight excluding hydrogens is 366 g/mol.